The number of nitrogens with zero attached hydrogens (tertiary/aromatic N) is 2. The van der Waals surface area contributed by atoms with Crippen molar-refractivity contribution in [3.8, 4) is 0 Å². The Bertz CT molecular complexity index is 1310. The highest BCUT2D eigenvalue weighted by Crippen LogP contribution is 2.27. The van der Waals surface area contributed by atoms with Crippen molar-refractivity contribution in [2.24, 2.45) is 0 Å². The molecular weight excluding hydrogens is 509 g/mol. The molecule has 0 spiro atoms. The minimum atomic E-state index is -4.12. The van der Waals surface area contributed by atoms with Crippen molar-refractivity contribution in [1.29, 1.82) is 0 Å². The van der Waals surface area contributed by atoms with Crippen molar-refractivity contribution in [2.45, 2.75) is 42.0 Å². The van der Waals surface area contributed by atoms with E-state index in [4.69, 9.17) is 0 Å². The molecule has 1 unspecified atom stereocenters. The number of sulfonamides is 1. The van der Waals surface area contributed by atoms with Gasteiger partial charge in [-0.3, -0.25) is 9.10 Å². The van der Waals surface area contributed by atoms with Crippen LogP contribution in [0.25, 0.3) is 0 Å². The standard InChI is InChI=1S/C28H32FN3O3S2/c1-21(22-9-11-24(12-10-22)31-17-4-3-5-18-31)30-28(33)20-32(25-8-6-7-23(29)19-25)37(34,35)27-15-13-26(36-2)14-16-27/h6-16,19,21H,3-5,17-18,20H2,1-2H3,(H,30,33). The second kappa shape index (κ2) is 12.0. The summed E-state index contributed by atoms with van der Waals surface area (Å²) in [6.07, 6.45) is 5.56. The number of amides is 1. The van der Waals surface area contributed by atoms with E-state index >= 15 is 0 Å². The second-order valence-corrected chi connectivity index (χ2v) is 11.8. The molecule has 0 saturated carbocycles. The van der Waals surface area contributed by atoms with Gasteiger partial charge in [-0.2, -0.15) is 0 Å². The molecule has 0 aliphatic carbocycles. The van der Waals surface area contributed by atoms with Gasteiger partial charge in [0.25, 0.3) is 10.0 Å². The normalized spacial score (nSPS) is 14.7. The Morgan fingerprint density at radius 1 is 1.03 bits per heavy atom. The molecule has 196 valence electrons. The van der Waals surface area contributed by atoms with E-state index in [1.165, 1.54) is 61.4 Å². The molecule has 0 radical (unpaired) electrons. The fourth-order valence-corrected chi connectivity index (χ4v) is 6.27. The minimum Gasteiger partial charge on any atom is -0.372 e. The van der Waals surface area contributed by atoms with Gasteiger partial charge in [-0.1, -0.05) is 18.2 Å². The maximum absolute atomic E-state index is 14.0. The SMILES string of the molecule is CSc1ccc(S(=O)(=O)N(CC(=O)NC(C)c2ccc(N3CCCCC3)cc2)c2cccc(F)c2)cc1. The van der Waals surface area contributed by atoms with Gasteiger partial charge < -0.3 is 10.2 Å². The number of anilines is 2. The topological polar surface area (TPSA) is 69.7 Å². The van der Waals surface area contributed by atoms with Crippen LogP contribution in [0.4, 0.5) is 15.8 Å². The van der Waals surface area contributed by atoms with Crippen LogP contribution in [0, 0.1) is 5.82 Å². The third-order valence-corrected chi connectivity index (χ3v) is 9.05. The second-order valence-electron chi connectivity index (χ2n) is 9.10. The van der Waals surface area contributed by atoms with Crippen LogP contribution in [0.3, 0.4) is 0 Å². The zero-order valence-electron chi connectivity index (χ0n) is 21.1. The van der Waals surface area contributed by atoms with Crippen molar-refractivity contribution in [2.75, 3.05) is 35.1 Å². The summed E-state index contributed by atoms with van der Waals surface area (Å²) < 4.78 is 42.0. The highest BCUT2D eigenvalue weighted by atomic mass is 32.2. The van der Waals surface area contributed by atoms with E-state index in [0.717, 1.165) is 39.6 Å². The zero-order valence-corrected chi connectivity index (χ0v) is 22.7. The number of carbonyl (C=O) groups is 1. The van der Waals surface area contributed by atoms with Crippen LogP contribution in [-0.2, 0) is 14.8 Å². The van der Waals surface area contributed by atoms with Crippen LogP contribution in [0.1, 0.15) is 37.8 Å². The lowest BCUT2D eigenvalue weighted by Crippen LogP contribution is -2.41. The van der Waals surface area contributed by atoms with Gasteiger partial charge in [0, 0.05) is 23.7 Å². The van der Waals surface area contributed by atoms with Gasteiger partial charge >= 0.3 is 0 Å². The van der Waals surface area contributed by atoms with Crippen LogP contribution in [0.15, 0.2) is 82.6 Å². The maximum Gasteiger partial charge on any atom is 0.264 e. The number of hydrogen-bond acceptors (Lipinski definition) is 5. The van der Waals surface area contributed by atoms with Crippen LogP contribution < -0.4 is 14.5 Å². The molecular formula is C28H32FN3O3S2. The molecule has 1 aliphatic heterocycles. The van der Waals surface area contributed by atoms with Gasteiger partial charge in [-0.15, -0.1) is 11.8 Å². The largest absolute Gasteiger partial charge is 0.372 e. The highest BCUT2D eigenvalue weighted by molar-refractivity contribution is 7.98. The van der Waals surface area contributed by atoms with Gasteiger partial charge in [0.2, 0.25) is 5.91 Å². The predicted molar refractivity (Wildman–Crippen MR) is 148 cm³/mol. The van der Waals surface area contributed by atoms with Gasteiger partial charge in [0.15, 0.2) is 0 Å². The molecule has 1 aliphatic rings. The fourth-order valence-electron chi connectivity index (χ4n) is 4.45. The van der Waals surface area contributed by atoms with E-state index < -0.39 is 28.3 Å². The molecule has 1 N–H and O–H groups in total. The van der Waals surface area contributed by atoms with Crippen LogP contribution in [0.5, 0.6) is 0 Å². The van der Waals surface area contributed by atoms with E-state index in [-0.39, 0.29) is 16.6 Å². The Hall–Kier alpha value is -3.04. The Balaban J connectivity index is 1.51. The number of rotatable bonds is 9. The summed E-state index contributed by atoms with van der Waals surface area (Å²) in [7, 11) is -4.12. The van der Waals surface area contributed by atoms with Crippen molar-refractivity contribution in [3.05, 3.63) is 84.2 Å². The maximum atomic E-state index is 14.0. The van der Waals surface area contributed by atoms with Crippen LogP contribution in [0.2, 0.25) is 0 Å². The summed E-state index contributed by atoms with van der Waals surface area (Å²) in [5, 5.41) is 2.90. The monoisotopic (exact) mass is 541 g/mol. The molecule has 37 heavy (non-hydrogen) atoms. The summed E-state index contributed by atoms with van der Waals surface area (Å²) in [6, 6.07) is 19.4. The first-order chi connectivity index (χ1) is 17.8. The number of nitrogens with one attached hydrogen (secondary N) is 1. The first-order valence-electron chi connectivity index (χ1n) is 12.3. The fraction of sp³-hybridized carbons (Fsp3) is 0.321. The zero-order chi connectivity index (χ0) is 26.4. The predicted octanol–water partition coefficient (Wildman–Crippen LogP) is 5.61. The smallest absolute Gasteiger partial charge is 0.264 e. The van der Waals surface area contributed by atoms with Crippen LogP contribution >= 0.6 is 11.8 Å². The van der Waals surface area contributed by atoms with E-state index in [9.17, 15) is 17.6 Å². The Morgan fingerprint density at radius 3 is 2.32 bits per heavy atom. The lowest BCUT2D eigenvalue weighted by Gasteiger charge is -2.29. The highest BCUT2D eigenvalue weighted by Gasteiger charge is 2.28. The van der Waals surface area contributed by atoms with Crippen molar-refractivity contribution < 1.29 is 17.6 Å². The van der Waals surface area contributed by atoms with Gasteiger partial charge in [-0.05, 0) is 92.6 Å². The molecule has 0 bridgehead atoms. The number of piperidine rings is 1. The summed E-state index contributed by atoms with van der Waals surface area (Å²) >= 11 is 1.49. The Kier molecular flexibility index (Phi) is 8.76. The van der Waals surface area contributed by atoms with E-state index in [0.29, 0.717) is 0 Å². The lowest BCUT2D eigenvalue weighted by atomic mass is 10.1. The molecule has 4 rings (SSSR count). The van der Waals surface area contributed by atoms with Gasteiger partial charge in [0.05, 0.1) is 16.6 Å². The Labute approximate surface area is 222 Å². The van der Waals surface area contributed by atoms with E-state index in [1.807, 2.05) is 25.3 Å². The van der Waals surface area contributed by atoms with E-state index in [1.54, 1.807) is 12.1 Å². The third kappa shape index (κ3) is 6.64. The van der Waals surface area contributed by atoms with Gasteiger partial charge in [0.1, 0.15) is 12.4 Å². The first kappa shape index (κ1) is 27.0. The molecule has 1 saturated heterocycles. The van der Waals surface area contributed by atoms with E-state index in [2.05, 4.69) is 22.3 Å². The lowest BCUT2D eigenvalue weighted by molar-refractivity contribution is -0.120. The third-order valence-electron chi connectivity index (χ3n) is 6.52. The average molecular weight is 542 g/mol. The quantitative estimate of drug-likeness (QED) is 0.357. The number of carbonyl (C=O) groups excluding carboxylic acids is 1. The molecule has 6 nitrogen and oxygen atoms in total. The van der Waals surface area contributed by atoms with Crippen molar-refractivity contribution in [3.63, 3.8) is 0 Å². The number of thioether (sulfide) groups is 1. The molecule has 1 atom stereocenters. The first-order valence-corrected chi connectivity index (χ1v) is 15.0. The number of benzene rings is 3. The number of halogens is 1. The number of hydrogen-bond donors (Lipinski definition) is 1. The minimum absolute atomic E-state index is 0.0312. The summed E-state index contributed by atoms with van der Waals surface area (Å²) in [5.41, 5.74) is 2.17. The molecule has 0 aromatic heterocycles. The van der Waals surface area contributed by atoms with Gasteiger partial charge in [-0.25, -0.2) is 12.8 Å². The molecule has 3 aromatic carbocycles. The molecule has 3 aromatic rings. The molecule has 1 fully saturated rings. The molecule has 1 amide bonds. The summed E-state index contributed by atoms with van der Waals surface area (Å²) in [5.74, 6) is -1.07. The van der Waals surface area contributed by atoms with Crippen LogP contribution in [-0.4, -0.2) is 40.2 Å². The Morgan fingerprint density at radius 2 is 1.70 bits per heavy atom. The van der Waals surface area contributed by atoms with Crippen molar-refractivity contribution >= 4 is 39.1 Å². The average Bonchev–Trinajstić information content (AvgIpc) is 2.92. The molecule has 1 heterocycles. The molecule has 9 heteroatoms. The summed E-state index contributed by atoms with van der Waals surface area (Å²) in [6.45, 7) is 3.48. The van der Waals surface area contributed by atoms with Crippen molar-refractivity contribution in [1.82, 2.24) is 5.32 Å². The summed E-state index contributed by atoms with van der Waals surface area (Å²) in [4.78, 5) is 16.4.